The lowest BCUT2D eigenvalue weighted by atomic mass is 9.94. The summed E-state index contributed by atoms with van der Waals surface area (Å²) in [6.07, 6.45) is 13.4. The van der Waals surface area contributed by atoms with Crippen molar-refractivity contribution in [3.8, 4) is 0 Å². The fourth-order valence-corrected chi connectivity index (χ4v) is 4.79. The van der Waals surface area contributed by atoms with Crippen LogP contribution in [-0.4, -0.2) is 25.2 Å². The van der Waals surface area contributed by atoms with Crippen molar-refractivity contribution in [3.05, 3.63) is 24.3 Å². The Morgan fingerprint density at radius 1 is 0.739 bits per heavy atom. The van der Waals surface area contributed by atoms with Gasteiger partial charge in [0.05, 0.1) is 13.2 Å². The number of ether oxygens (including phenoxy) is 2. The molecule has 0 aliphatic heterocycles. The number of hydrogen-bond donors (Lipinski definition) is 0. The molecule has 0 amide bonds. The highest BCUT2D eigenvalue weighted by Crippen LogP contribution is 2.44. The van der Waals surface area contributed by atoms with Crippen molar-refractivity contribution in [3.63, 3.8) is 0 Å². The van der Waals surface area contributed by atoms with Crippen molar-refractivity contribution in [1.82, 2.24) is 0 Å². The van der Waals surface area contributed by atoms with Gasteiger partial charge in [0, 0.05) is 0 Å². The van der Waals surface area contributed by atoms with Gasteiger partial charge >= 0.3 is 11.9 Å². The molecule has 4 nitrogen and oxygen atoms in total. The molecule has 6 atom stereocenters. The summed E-state index contributed by atoms with van der Waals surface area (Å²) in [6, 6.07) is 0. The predicted octanol–water partition coefficient (Wildman–Crippen LogP) is 2.89. The minimum Gasteiger partial charge on any atom is -0.465 e. The Morgan fingerprint density at radius 2 is 1.22 bits per heavy atom. The summed E-state index contributed by atoms with van der Waals surface area (Å²) >= 11 is 0. The summed E-state index contributed by atoms with van der Waals surface area (Å²) in [6.45, 7) is 0.879. The lowest BCUT2D eigenvalue weighted by Crippen LogP contribution is -2.22. The molecule has 0 heterocycles. The molecule has 0 spiro atoms. The van der Waals surface area contributed by atoms with Crippen LogP contribution in [0, 0.1) is 35.5 Å². The highest BCUT2D eigenvalue weighted by molar-refractivity contribution is 5.91. The monoisotopic (exact) mass is 316 g/mol. The summed E-state index contributed by atoms with van der Waals surface area (Å²) in [7, 11) is 0. The van der Waals surface area contributed by atoms with Crippen LogP contribution in [0.25, 0.3) is 0 Å². The van der Waals surface area contributed by atoms with E-state index in [4.69, 9.17) is 9.47 Å². The Labute approximate surface area is 136 Å². The molecule has 124 valence electrons. The van der Waals surface area contributed by atoms with Crippen molar-refractivity contribution in [2.45, 2.75) is 32.1 Å². The number of esters is 2. The Morgan fingerprint density at radius 3 is 1.57 bits per heavy atom. The SMILES string of the molecule is O=C(CC(=O)OCC1CC2C=CC1C2)OCC1CC2C=CC1C2. The van der Waals surface area contributed by atoms with Crippen molar-refractivity contribution < 1.29 is 19.1 Å². The number of allylic oxidation sites excluding steroid dienone is 4. The van der Waals surface area contributed by atoms with Gasteiger partial charge in [-0.3, -0.25) is 9.59 Å². The standard InChI is InChI=1S/C19H24O4/c20-18(22-10-16-7-12-1-3-14(16)5-12)9-19(21)23-11-17-8-13-2-4-15(17)6-13/h1-4,12-17H,5-11H2. The van der Waals surface area contributed by atoms with Gasteiger partial charge in [-0.2, -0.15) is 0 Å². The fraction of sp³-hybridized carbons (Fsp3) is 0.684. The minimum atomic E-state index is -0.449. The number of carbonyl (C=O) groups excluding carboxylic acids is 2. The summed E-state index contributed by atoms with van der Waals surface area (Å²) in [5.41, 5.74) is 0. The molecule has 2 fully saturated rings. The van der Waals surface area contributed by atoms with Crippen LogP contribution in [0.5, 0.6) is 0 Å². The lowest BCUT2D eigenvalue weighted by molar-refractivity contribution is -0.156. The van der Waals surface area contributed by atoms with E-state index in [0.717, 1.165) is 12.8 Å². The third kappa shape index (κ3) is 3.22. The molecule has 6 unspecified atom stereocenters. The van der Waals surface area contributed by atoms with Gasteiger partial charge in [0.15, 0.2) is 0 Å². The van der Waals surface area contributed by atoms with Crippen LogP contribution in [0.3, 0.4) is 0 Å². The van der Waals surface area contributed by atoms with Gasteiger partial charge in [-0.1, -0.05) is 24.3 Å². The van der Waals surface area contributed by atoms with Gasteiger partial charge in [0.2, 0.25) is 0 Å². The zero-order chi connectivity index (χ0) is 15.8. The Hall–Kier alpha value is -1.58. The van der Waals surface area contributed by atoms with Gasteiger partial charge < -0.3 is 9.47 Å². The normalized spacial score (nSPS) is 39.1. The van der Waals surface area contributed by atoms with Crippen molar-refractivity contribution in [2.75, 3.05) is 13.2 Å². The first-order chi connectivity index (χ1) is 11.2. The second kappa shape index (κ2) is 6.14. The molecule has 0 aromatic carbocycles. The number of carbonyl (C=O) groups is 2. The number of fused-ring (bicyclic) bond motifs is 4. The average Bonchev–Trinajstić information content (AvgIpc) is 3.30. The van der Waals surface area contributed by atoms with Crippen LogP contribution in [0.2, 0.25) is 0 Å². The van der Waals surface area contributed by atoms with Crippen LogP contribution in [0.4, 0.5) is 0 Å². The van der Waals surface area contributed by atoms with Crippen LogP contribution in [-0.2, 0) is 19.1 Å². The first-order valence-corrected chi connectivity index (χ1v) is 8.85. The highest BCUT2D eigenvalue weighted by Gasteiger charge is 2.37. The maximum atomic E-state index is 11.8. The second-order valence-electron chi connectivity index (χ2n) is 7.62. The second-order valence-corrected chi connectivity index (χ2v) is 7.62. The maximum absolute atomic E-state index is 11.8. The smallest absolute Gasteiger partial charge is 0.317 e. The molecular formula is C19H24O4. The van der Waals surface area contributed by atoms with Crippen LogP contribution < -0.4 is 0 Å². The molecule has 0 aromatic heterocycles. The molecule has 0 aromatic rings. The third-order valence-corrected chi connectivity index (χ3v) is 6.04. The van der Waals surface area contributed by atoms with E-state index < -0.39 is 11.9 Å². The third-order valence-electron chi connectivity index (χ3n) is 6.04. The molecular weight excluding hydrogens is 292 g/mol. The van der Waals surface area contributed by atoms with Gasteiger partial charge in [-0.25, -0.2) is 0 Å². The predicted molar refractivity (Wildman–Crippen MR) is 84.2 cm³/mol. The van der Waals surface area contributed by atoms with Crippen molar-refractivity contribution >= 4 is 11.9 Å². The first kappa shape index (κ1) is 15.0. The molecule has 4 heteroatoms. The summed E-state index contributed by atoms with van der Waals surface area (Å²) in [5, 5.41) is 0. The maximum Gasteiger partial charge on any atom is 0.317 e. The van der Waals surface area contributed by atoms with Crippen molar-refractivity contribution in [1.29, 1.82) is 0 Å². The Balaban J connectivity index is 1.14. The molecule has 0 radical (unpaired) electrons. The minimum absolute atomic E-state index is 0.257. The van der Waals surface area contributed by atoms with Gasteiger partial charge in [-0.15, -0.1) is 0 Å². The zero-order valence-corrected chi connectivity index (χ0v) is 13.4. The topological polar surface area (TPSA) is 52.6 Å². The van der Waals surface area contributed by atoms with Crippen molar-refractivity contribution in [2.24, 2.45) is 35.5 Å². The lowest BCUT2D eigenvalue weighted by Gasteiger charge is -2.18. The average molecular weight is 316 g/mol. The highest BCUT2D eigenvalue weighted by atomic mass is 16.6. The van der Waals surface area contributed by atoms with Gasteiger partial charge in [-0.05, 0) is 61.2 Å². The van der Waals surface area contributed by atoms with Crippen LogP contribution in [0.15, 0.2) is 24.3 Å². The largest absolute Gasteiger partial charge is 0.465 e. The van der Waals surface area contributed by atoms with E-state index in [2.05, 4.69) is 24.3 Å². The summed E-state index contributed by atoms with van der Waals surface area (Å²) in [5.74, 6) is 2.44. The zero-order valence-electron chi connectivity index (χ0n) is 13.4. The Bertz CT molecular complexity index is 502. The van der Waals surface area contributed by atoms with E-state index in [-0.39, 0.29) is 6.42 Å². The van der Waals surface area contributed by atoms with E-state index >= 15 is 0 Å². The molecule has 4 aliphatic rings. The number of rotatable bonds is 6. The van der Waals surface area contributed by atoms with Crippen LogP contribution >= 0.6 is 0 Å². The Kier molecular flexibility index (Phi) is 4.00. The van der Waals surface area contributed by atoms with Crippen LogP contribution in [0.1, 0.15) is 32.1 Å². The van der Waals surface area contributed by atoms with E-state index in [0.29, 0.717) is 48.7 Å². The number of hydrogen-bond acceptors (Lipinski definition) is 4. The first-order valence-electron chi connectivity index (χ1n) is 8.85. The molecule has 4 aliphatic carbocycles. The van der Waals surface area contributed by atoms with E-state index in [1.165, 1.54) is 12.8 Å². The van der Waals surface area contributed by atoms with Gasteiger partial charge in [0.25, 0.3) is 0 Å². The van der Waals surface area contributed by atoms with E-state index in [9.17, 15) is 9.59 Å². The molecule has 0 N–H and O–H groups in total. The quantitative estimate of drug-likeness (QED) is 0.429. The molecule has 4 bridgehead atoms. The molecule has 23 heavy (non-hydrogen) atoms. The molecule has 0 saturated heterocycles. The summed E-state index contributed by atoms with van der Waals surface area (Å²) in [4.78, 5) is 23.6. The van der Waals surface area contributed by atoms with Gasteiger partial charge in [0.1, 0.15) is 6.42 Å². The molecule has 2 saturated carbocycles. The summed E-state index contributed by atoms with van der Waals surface area (Å²) < 4.78 is 10.6. The van der Waals surface area contributed by atoms with E-state index in [1.54, 1.807) is 0 Å². The fourth-order valence-electron chi connectivity index (χ4n) is 4.79. The van der Waals surface area contributed by atoms with E-state index in [1.807, 2.05) is 0 Å². The molecule has 4 rings (SSSR count).